The number of rotatable bonds is 8. The van der Waals surface area contributed by atoms with Crippen molar-refractivity contribution in [3.05, 3.63) is 69.3 Å². The Morgan fingerprint density at radius 1 is 1.16 bits per heavy atom. The van der Waals surface area contributed by atoms with Gasteiger partial charge in [-0.15, -0.1) is 0 Å². The molecule has 196 valence electrons. The third-order valence-corrected chi connectivity index (χ3v) is 6.95. The Morgan fingerprint density at radius 3 is 2.46 bits per heavy atom. The number of carbonyl (C=O) groups is 2. The van der Waals surface area contributed by atoms with Crippen molar-refractivity contribution in [3.63, 3.8) is 0 Å². The summed E-state index contributed by atoms with van der Waals surface area (Å²) in [5.41, 5.74) is -1.19. The standard InChI is InChI=1S/C25H25ClF3N5O3/c1-13-9-21(33-32-13)31-20-10-15(14(2)35)23(29)19(30-20)11-25(24(36)37)5-7-34(8-6-25)12-16-18(27)4-3-17(26)22(16)28/h3-4,9-10H,5-8,11-12H2,1-2H3,(H,36,37)(H2,30,31,32,33). The lowest BCUT2D eigenvalue weighted by atomic mass is 9.74. The number of carboxylic acid groups (broad SMARTS) is 1. The van der Waals surface area contributed by atoms with E-state index in [4.69, 9.17) is 11.6 Å². The zero-order valence-corrected chi connectivity index (χ0v) is 20.9. The maximum absolute atomic E-state index is 15.3. The van der Waals surface area contributed by atoms with E-state index in [1.807, 2.05) is 0 Å². The topological polar surface area (TPSA) is 111 Å². The molecule has 0 saturated carbocycles. The van der Waals surface area contributed by atoms with Gasteiger partial charge in [0.1, 0.15) is 17.5 Å². The van der Waals surface area contributed by atoms with Crippen molar-refractivity contribution in [1.82, 2.24) is 20.1 Å². The number of nitrogens with one attached hydrogen (secondary N) is 2. The summed E-state index contributed by atoms with van der Waals surface area (Å²) in [5.74, 6) is -3.59. The number of aromatic amines is 1. The van der Waals surface area contributed by atoms with Gasteiger partial charge in [-0.1, -0.05) is 11.6 Å². The molecule has 0 spiro atoms. The summed E-state index contributed by atoms with van der Waals surface area (Å²) in [5, 5.41) is 19.6. The van der Waals surface area contributed by atoms with Crippen molar-refractivity contribution in [2.24, 2.45) is 5.41 Å². The number of aliphatic carboxylic acids is 1. The van der Waals surface area contributed by atoms with Crippen LogP contribution in [0.5, 0.6) is 0 Å². The van der Waals surface area contributed by atoms with E-state index in [1.54, 1.807) is 17.9 Å². The van der Waals surface area contributed by atoms with Crippen molar-refractivity contribution >= 4 is 35.0 Å². The quantitative estimate of drug-likeness (QED) is 0.274. The van der Waals surface area contributed by atoms with Gasteiger partial charge >= 0.3 is 5.97 Å². The van der Waals surface area contributed by atoms with Gasteiger partial charge in [-0.3, -0.25) is 19.6 Å². The lowest BCUT2D eigenvalue weighted by Crippen LogP contribution is -2.45. The predicted octanol–water partition coefficient (Wildman–Crippen LogP) is 5.04. The van der Waals surface area contributed by atoms with E-state index in [-0.39, 0.29) is 66.6 Å². The number of likely N-dealkylation sites (tertiary alicyclic amines) is 1. The van der Waals surface area contributed by atoms with Gasteiger partial charge in [0, 0.05) is 30.3 Å². The second-order valence-corrected chi connectivity index (χ2v) is 9.70. The number of halogens is 4. The van der Waals surface area contributed by atoms with Gasteiger partial charge in [0.2, 0.25) is 0 Å². The number of hydrogen-bond acceptors (Lipinski definition) is 6. The molecule has 0 aliphatic carbocycles. The normalized spacial score (nSPS) is 15.5. The summed E-state index contributed by atoms with van der Waals surface area (Å²) in [6.07, 6.45) is -0.102. The van der Waals surface area contributed by atoms with Gasteiger partial charge in [-0.25, -0.2) is 18.2 Å². The van der Waals surface area contributed by atoms with Crippen LogP contribution in [-0.2, 0) is 17.8 Å². The van der Waals surface area contributed by atoms with Crippen LogP contribution in [0.3, 0.4) is 0 Å². The highest BCUT2D eigenvalue weighted by molar-refractivity contribution is 6.30. The molecular weight excluding hydrogens is 511 g/mol. The van der Waals surface area contributed by atoms with E-state index in [1.165, 1.54) is 13.0 Å². The first-order valence-electron chi connectivity index (χ1n) is 11.6. The summed E-state index contributed by atoms with van der Waals surface area (Å²) in [7, 11) is 0. The Kier molecular flexibility index (Phi) is 7.56. The minimum atomic E-state index is -1.38. The van der Waals surface area contributed by atoms with Crippen molar-refractivity contribution < 1.29 is 27.9 Å². The number of Topliss-reactive ketones (excluding diaryl/α,β-unsaturated/α-hetero) is 1. The summed E-state index contributed by atoms with van der Waals surface area (Å²) < 4.78 is 43.8. The zero-order valence-electron chi connectivity index (χ0n) is 20.2. The number of hydrogen-bond donors (Lipinski definition) is 3. The summed E-state index contributed by atoms with van der Waals surface area (Å²) in [6.45, 7) is 3.31. The molecular formula is C25H25ClF3N5O3. The predicted molar refractivity (Wildman–Crippen MR) is 130 cm³/mol. The van der Waals surface area contributed by atoms with E-state index in [9.17, 15) is 23.5 Å². The van der Waals surface area contributed by atoms with Crippen LogP contribution in [0.1, 0.15) is 47.1 Å². The molecule has 0 atom stereocenters. The minimum absolute atomic E-state index is 0.0822. The second-order valence-electron chi connectivity index (χ2n) is 9.29. The van der Waals surface area contributed by atoms with Crippen molar-refractivity contribution in [2.75, 3.05) is 18.4 Å². The first kappa shape index (κ1) is 26.6. The SMILES string of the molecule is CC(=O)c1cc(Nc2cc(C)[nH]n2)nc(CC2(C(=O)O)CCN(Cc3c(F)ccc(Cl)c3F)CC2)c1F. The largest absolute Gasteiger partial charge is 0.481 e. The van der Waals surface area contributed by atoms with Crippen LogP contribution in [0.25, 0.3) is 0 Å². The number of aryl methyl sites for hydroxylation is 1. The molecule has 3 aromatic rings. The monoisotopic (exact) mass is 535 g/mol. The molecule has 3 N–H and O–H groups in total. The third kappa shape index (κ3) is 5.62. The van der Waals surface area contributed by atoms with Gasteiger partial charge in [-0.2, -0.15) is 5.10 Å². The first-order chi connectivity index (χ1) is 17.5. The molecule has 4 rings (SSSR count). The molecule has 37 heavy (non-hydrogen) atoms. The molecule has 2 aromatic heterocycles. The number of carbonyl (C=O) groups excluding carboxylic acids is 1. The van der Waals surface area contributed by atoms with Gasteiger partial charge < -0.3 is 10.4 Å². The van der Waals surface area contributed by atoms with Crippen LogP contribution in [0, 0.1) is 29.8 Å². The van der Waals surface area contributed by atoms with Crippen LogP contribution in [0.2, 0.25) is 5.02 Å². The molecule has 0 radical (unpaired) electrons. The molecule has 1 fully saturated rings. The fraction of sp³-hybridized carbons (Fsp3) is 0.360. The zero-order chi connectivity index (χ0) is 26.9. The van der Waals surface area contributed by atoms with E-state index in [0.29, 0.717) is 5.82 Å². The van der Waals surface area contributed by atoms with E-state index < -0.39 is 34.6 Å². The molecule has 3 heterocycles. The van der Waals surface area contributed by atoms with Crippen molar-refractivity contribution in [3.8, 4) is 0 Å². The van der Waals surface area contributed by atoms with Crippen LogP contribution >= 0.6 is 11.6 Å². The van der Waals surface area contributed by atoms with Crippen LogP contribution in [-0.4, -0.2) is 50.0 Å². The van der Waals surface area contributed by atoms with Crippen molar-refractivity contribution in [2.45, 2.75) is 39.7 Å². The summed E-state index contributed by atoms with van der Waals surface area (Å²) >= 11 is 5.78. The van der Waals surface area contributed by atoms with Crippen molar-refractivity contribution in [1.29, 1.82) is 0 Å². The van der Waals surface area contributed by atoms with E-state index in [0.717, 1.165) is 17.8 Å². The first-order valence-corrected chi connectivity index (χ1v) is 11.9. The third-order valence-electron chi connectivity index (χ3n) is 6.66. The van der Waals surface area contributed by atoms with Gasteiger partial charge in [0.15, 0.2) is 17.4 Å². The highest BCUT2D eigenvalue weighted by Crippen LogP contribution is 2.37. The fourth-order valence-electron chi connectivity index (χ4n) is 4.50. The number of carboxylic acids is 1. The number of H-pyrrole nitrogens is 1. The van der Waals surface area contributed by atoms with Crippen LogP contribution in [0.15, 0.2) is 24.3 Å². The Bertz CT molecular complexity index is 1360. The number of pyridine rings is 1. The second kappa shape index (κ2) is 10.5. The molecule has 0 bridgehead atoms. The van der Waals surface area contributed by atoms with Crippen LogP contribution < -0.4 is 5.32 Å². The maximum atomic E-state index is 15.3. The number of anilines is 2. The number of piperidine rings is 1. The highest BCUT2D eigenvalue weighted by atomic mass is 35.5. The molecule has 1 aliphatic heterocycles. The molecule has 1 aliphatic rings. The number of benzene rings is 1. The summed E-state index contributed by atoms with van der Waals surface area (Å²) in [6, 6.07) is 5.17. The fourth-order valence-corrected chi connectivity index (χ4v) is 4.67. The Morgan fingerprint density at radius 2 is 1.86 bits per heavy atom. The number of nitrogens with zero attached hydrogens (tertiary/aromatic N) is 3. The van der Waals surface area contributed by atoms with Gasteiger partial charge in [0.25, 0.3) is 0 Å². The molecule has 1 saturated heterocycles. The molecule has 8 nitrogen and oxygen atoms in total. The Labute approximate surface area is 215 Å². The van der Waals surface area contributed by atoms with E-state index >= 15 is 4.39 Å². The smallest absolute Gasteiger partial charge is 0.310 e. The summed E-state index contributed by atoms with van der Waals surface area (Å²) in [4.78, 5) is 30.5. The van der Waals surface area contributed by atoms with Crippen LogP contribution in [0.4, 0.5) is 24.8 Å². The lowest BCUT2D eigenvalue weighted by molar-refractivity contribution is -0.152. The lowest BCUT2D eigenvalue weighted by Gasteiger charge is -2.39. The minimum Gasteiger partial charge on any atom is -0.481 e. The molecule has 0 unspecified atom stereocenters. The Balaban J connectivity index is 1.57. The Hall–Kier alpha value is -3.44. The average molecular weight is 536 g/mol. The highest BCUT2D eigenvalue weighted by Gasteiger charge is 2.43. The maximum Gasteiger partial charge on any atom is 0.310 e. The molecule has 0 amide bonds. The number of aromatic nitrogens is 3. The molecule has 1 aromatic carbocycles. The molecule has 12 heteroatoms. The van der Waals surface area contributed by atoms with E-state index in [2.05, 4.69) is 20.5 Å². The van der Waals surface area contributed by atoms with Gasteiger partial charge in [-0.05, 0) is 58.0 Å². The van der Waals surface area contributed by atoms with Gasteiger partial charge in [0.05, 0.1) is 21.7 Å². The average Bonchev–Trinajstić information content (AvgIpc) is 3.26. The number of ketones is 1.